The van der Waals surface area contributed by atoms with Gasteiger partial charge in [0.2, 0.25) is 0 Å². The standard InChI is InChI=1S/C22H17F2N3O3/c1-30-22-6-5-14(19-10-15-8-17(23)18(24)11-20(15)26-19)9-21(22)25-12-13-3-2-4-16(7-13)27(28)29/h2-11,25-26H,12H2,1H3. The zero-order valence-corrected chi connectivity index (χ0v) is 15.9. The van der Waals surface area contributed by atoms with Crippen LogP contribution < -0.4 is 10.1 Å². The summed E-state index contributed by atoms with van der Waals surface area (Å²) in [5, 5.41) is 14.7. The number of halogens is 2. The molecule has 2 N–H and O–H groups in total. The van der Waals surface area contributed by atoms with E-state index in [0.717, 1.165) is 23.3 Å². The van der Waals surface area contributed by atoms with Crippen molar-refractivity contribution in [3.8, 4) is 17.0 Å². The molecule has 0 unspecified atom stereocenters. The second kappa shape index (κ2) is 7.82. The van der Waals surface area contributed by atoms with Crippen LogP contribution in [0.3, 0.4) is 0 Å². The van der Waals surface area contributed by atoms with E-state index in [1.54, 1.807) is 31.4 Å². The number of nitrogens with one attached hydrogen (secondary N) is 2. The Labute approximate surface area is 170 Å². The van der Waals surface area contributed by atoms with E-state index in [2.05, 4.69) is 10.3 Å². The fraction of sp³-hybridized carbons (Fsp3) is 0.0909. The summed E-state index contributed by atoms with van der Waals surface area (Å²) in [6, 6.07) is 15.8. The molecule has 0 fully saturated rings. The summed E-state index contributed by atoms with van der Waals surface area (Å²) in [4.78, 5) is 13.6. The van der Waals surface area contributed by atoms with E-state index in [9.17, 15) is 18.9 Å². The van der Waals surface area contributed by atoms with Crippen molar-refractivity contribution in [2.75, 3.05) is 12.4 Å². The molecule has 6 nitrogen and oxygen atoms in total. The van der Waals surface area contributed by atoms with Crippen LogP contribution in [0.25, 0.3) is 22.2 Å². The lowest BCUT2D eigenvalue weighted by Crippen LogP contribution is -2.02. The highest BCUT2D eigenvalue weighted by Gasteiger charge is 2.12. The minimum atomic E-state index is -0.912. The van der Waals surface area contributed by atoms with Gasteiger partial charge < -0.3 is 15.0 Å². The fourth-order valence-corrected chi connectivity index (χ4v) is 3.27. The molecule has 0 bridgehead atoms. The highest BCUT2D eigenvalue weighted by molar-refractivity contribution is 5.86. The number of nitro benzene ring substituents is 1. The predicted octanol–water partition coefficient (Wildman–Crippen LogP) is 5.64. The van der Waals surface area contributed by atoms with Crippen LogP contribution in [0, 0.1) is 21.7 Å². The number of hydrogen-bond acceptors (Lipinski definition) is 4. The quantitative estimate of drug-likeness (QED) is 0.319. The SMILES string of the molecule is COc1ccc(-c2cc3cc(F)c(F)cc3[nH]2)cc1NCc1cccc([N+](=O)[O-])c1. The number of benzene rings is 3. The molecule has 0 aliphatic rings. The van der Waals surface area contributed by atoms with Crippen molar-refractivity contribution in [2.45, 2.75) is 6.54 Å². The Hall–Kier alpha value is -3.94. The molecule has 1 aromatic heterocycles. The largest absolute Gasteiger partial charge is 0.495 e. The van der Waals surface area contributed by atoms with Gasteiger partial charge in [0.05, 0.1) is 17.7 Å². The third-order valence-electron chi connectivity index (χ3n) is 4.78. The predicted molar refractivity (Wildman–Crippen MR) is 111 cm³/mol. The van der Waals surface area contributed by atoms with Crippen LogP contribution in [-0.4, -0.2) is 17.0 Å². The zero-order chi connectivity index (χ0) is 21.3. The topological polar surface area (TPSA) is 80.2 Å². The summed E-state index contributed by atoms with van der Waals surface area (Å²) < 4.78 is 32.4. The van der Waals surface area contributed by atoms with E-state index < -0.39 is 16.6 Å². The summed E-state index contributed by atoms with van der Waals surface area (Å²) >= 11 is 0. The van der Waals surface area contributed by atoms with Gasteiger partial charge in [-0.3, -0.25) is 10.1 Å². The van der Waals surface area contributed by atoms with Gasteiger partial charge in [-0.25, -0.2) is 8.78 Å². The monoisotopic (exact) mass is 409 g/mol. The molecule has 30 heavy (non-hydrogen) atoms. The number of nitro groups is 1. The summed E-state index contributed by atoms with van der Waals surface area (Å²) in [7, 11) is 1.54. The molecule has 0 radical (unpaired) electrons. The molecule has 0 aliphatic carbocycles. The minimum Gasteiger partial charge on any atom is -0.495 e. The first kappa shape index (κ1) is 19.4. The Kier molecular flexibility index (Phi) is 5.05. The lowest BCUT2D eigenvalue weighted by Gasteiger charge is -2.13. The second-order valence-corrected chi connectivity index (χ2v) is 6.73. The highest BCUT2D eigenvalue weighted by Crippen LogP contribution is 2.32. The average molecular weight is 409 g/mol. The van der Waals surface area contributed by atoms with Gasteiger partial charge in [0.15, 0.2) is 11.6 Å². The summed E-state index contributed by atoms with van der Waals surface area (Å²) in [5.41, 5.74) is 3.41. The molecule has 0 aliphatic heterocycles. The second-order valence-electron chi connectivity index (χ2n) is 6.73. The van der Waals surface area contributed by atoms with Gasteiger partial charge in [-0.2, -0.15) is 0 Å². The molecular formula is C22H17F2N3O3. The van der Waals surface area contributed by atoms with Crippen LogP contribution in [0.5, 0.6) is 5.75 Å². The Morgan fingerprint density at radius 3 is 2.63 bits per heavy atom. The summed E-state index contributed by atoms with van der Waals surface area (Å²) in [6.45, 7) is 0.352. The lowest BCUT2D eigenvalue weighted by atomic mass is 10.1. The number of nitrogens with zero attached hydrogens (tertiary/aromatic N) is 1. The number of non-ortho nitro benzene ring substituents is 1. The molecule has 0 saturated carbocycles. The van der Waals surface area contributed by atoms with E-state index in [0.29, 0.717) is 34.6 Å². The number of fused-ring (bicyclic) bond motifs is 1. The van der Waals surface area contributed by atoms with E-state index in [1.807, 2.05) is 12.1 Å². The van der Waals surface area contributed by atoms with Crippen molar-refractivity contribution in [1.82, 2.24) is 4.98 Å². The fourth-order valence-electron chi connectivity index (χ4n) is 3.27. The van der Waals surface area contributed by atoms with Crippen molar-refractivity contribution >= 4 is 22.3 Å². The third kappa shape index (κ3) is 3.80. The molecule has 0 amide bonds. The average Bonchev–Trinajstić information content (AvgIpc) is 3.15. The summed E-state index contributed by atoms with van der Waals surface area (Å²) in [6.07, 6.45) is 0. The maximum atomic E-state index is 13.5. The van der Waals surface area contributed by atoms with E-state index in [4.69, 9.17) is 4.74 Å². The minimum absolute atomic E-state index is 0.0209. The first-order valence-electron chi connectivity index (χ1n) is 9.08. The third-order valence-corrected chi connectivity index (χ3v) is 4.78. The summed E-state index contributed by atoms with van der Waals surface area (Å²) in [5.74, 6) is -1.22. The number of methoxy groups -OCH3 is 1. The molecule has 4 rings (SSSR count). The molecule has 0 spiro atoms. The van der Waals surface area contributed by atoms with E-state index in [1.165, 1.54) is 12.1 Å². The van der Waals surface area contributed by atoms with E-state index in [-0.39, 0.29) is 5.69 Å². The lowest BCUT2D eigenvalue weighted by molar-refractivity contribution is -0.384. The number of hydrogen-bond donors (Lipinski definition) is 2. The van der Waals surface area contributed by atoms with Crippen LogP contribution in [0.2, 0.25) is 0 Å². The normalized spacial score (nSPS) is 10.9. The first-order valence-corrected chi connectivity index (χ1v) is 9.08. The van der Waals surface area contributed by atoms with Crippen LogP contribution >= 0.6 is 0 Å². The van der Waals surface area contributed by atoms with Crippen LogP contribution in [0.4, 0.5) is 20.2 Å². The molecule has 8 heteroatoms. The van der Waals surface area contributed by atoms with E-state index >= 15 is 0 Å². The van der Waals surface area contributed by atoms with Gasteiger partial charge in [0, 0.05) is 46.9 Å². The van der Waals surface area contributed by atoms with Gasteiger partial charge in [-0.1, -0.05) is 12.1 Å². The number of aromatic amines is 1. The van der Waals surface area contributed by atoms with Crippen molar-refractivity contribution in [3.63, 3.8) is 0 Å². The zero-order valence-electron chi connectivity index (χ0n) is 15.9. The highest BCUT2D eigenvalue weighted by atomic mass is 19.2. The van der Waals surface area contributed by atoms with Crippen molar-refractivity contribution in [3.05, 3.63) is 88.0 Å². The Morgan fingerprint density at radius 1 is 1.07 bits per heavy atom. The number of H-pyrrole nitrogens is 1. The molecule has 152 valence electrons. The molecule has 3 aromatic carbocycles. The maximum absolute atomic E-state index is 13.5. The van der Waals surface area contributed by atoms with Crippen LogP contribution in [-0.2, 0) is 6.54 Å². The molecule has 0 atom stereocenters. The van der Waals surface area contributed by atoms with Crippen LogP contribution in [0.15, 0.2) is 60.7 Å². The van der Waals surface area contributed by atoms with Gasteiger partial charge in [-0.05, 0) is 35.9 Å². The molecule has 0 saturated heterocycles. The maximum Gasteiger partial charge on any atom is 0.269 e. The number of aromatic nitrogens is 1. The van der Waals surface area contributed by atoms with Gasteiger partial charge in [0.1, 0.15) is 5.75 Å². The Balaban J connectivity index is 1.64. The Bertz CT molecular complexity index is 1210. The molecule has 4 aromatic rings. The number of anilines is 1. The Morgan fingerprint density at radius 2 is 1.87 bits per heavy atom. The number of ether oxygens (including phenoxy) is 1. The van der Waals surface area contributed by atoms with Crippen molar-refractivity contribution < 1.29 is 18.4 Å². The number of rotatable bonds is 6. The first-order chi connectivity index (χ1) is 14.4. The van der Waals surface area contributed by atoms with Gasteiger partial charge >= 0.3 is 0 Å². The van der Waals surface area contributed by atoms with Crippen molar-refractivity contribution in [1.29, 1.82) is 0 Å². The van der Waals surface area contributed by atoms with Gasteiger partial charge in [-0.15, -0.1) is 0 Å². The molecule has 1 heterocycles. The smallest absolute Gasteiger partial charge is 0.269 e. The van der Waals surface area contributed by atoms with Crippen LogP contribution in [0.1, 0.15) is 5.56 Å². The van der Waals surface area contributed by atoms with Gasteiger partial charge in [0.25, 0.3) is 5.69 Å². The van der Waals surface area contributed by atoms with Crippen molar-refractivity contribution in [2.24, 2.45) is 0 Å². The molecular weight excluding hydrogens is 392 g/mol.